The molecule has 1 saturated heterocycles. The number of amides is 2. The Morgan fingerprint density at radius 1 is 1.03 bits per heavy atom. The number of anilines is 1. The minimum absolute atomic E-state index is 0.191. The Kier molecular flexibility index (Phi) is 5.01. The molecule has 32 heavy (non-hydrogen) atoms. The summed E-state index contributed by atoms with van der Waals surface area (Å²) in [7, 11) is 0. The molecular weight excluding hydrogens is 430 g/mol. The fraction of sp³-hybridized carbons (Fsp3) is 0.200. The highest BCUT2D eigenvalue weighted by atomic mass is 32.2. The predicted molar refractivity (Wildman–Crippen MR) is 120 cm³/mol. The predicted octanol–water partition coefficient (Wildman–Crippen LogP) is 4.86. The lowest BCUT2D eigenvalue weighted by Crippen LogP contribution is -2.50. The highest BCUT2D eigenvalue weighted by Gasteiger charge is 2.59. The average molecular weight is 451 g/mol. The minimum Gasteiger partial charge on any atom is -0.311 e. The highest BCUT2D eigenvalue weighted by Crippen LogP contribution is 2.55. The number of carbonyl (C=O) groups is 2. The molecule has 3 aromatic carbocycles. The number of rotatable bonds is 3. The van der Waals surface area contributed by atoms with Gasteiger partial charge in [0, 0.05) is 23.4 Å². The molecule has 5 rings (SSSR count). The molecule has 0 unspecified atom stereocenters. The van der Waals surface area contributed by atoms with Crippen molar-refractivity contribution in [3.63, 3.8) is 0 Å². The summed E-state index contributed by atoms with van der Waals surface area (Å²) in [6.45, 7) is 2.50. The maximum absolute atomic E-state index is 13.9. The molecule has 3 aromatic rings. The zero-order chi connectivity index (χ0) is 22.5. The van der Waals surface area contributed by atoms with E-state index in [-0.39, 0.29) is 29.7 Å². The molecule has 7 heteroatoms. The molecule has 4 nitrogen and oxygen atoms in total. The third kappa shape index (κ3) is 3.19. The van der Waals surface area contributed by atoms with Crippen molar-refractivity contribution in [1.82, 2.24) is 4.90 Å². The van der Waals surface area contributed by atoms with Crippen molar-refractivity contribution in [2.24, 2.45) is 0 Å². The van der Waals surface area contributed by atoms with Gasteiger partial charge in [0.25, 0.3) is 11.8 Å². The molecule has 0 aliphatic carbocycles. The molecule has 1 atom stereocenters. The molecule has 0 radical (unpaired) electrons. The number of nitrogens with zero attached hydrogens (tertiary/aromatic N) is 2. The molecule has 2 amide bonds. The second kappa shape index (κ2) is 7.74. The van der Waals surface area contributed by atoms with E-state index in [0.717, 1.165) is 11.1 Å². The van der Waals surface area contributed by atoms with Crippen LogP contribution in [0.1, 0.15) is 27.0 Å². The van der Waals surface area contributed by atoms with E-state index in [2.05, 4.69) is 0 Å². The zero-order valence-electron chi connectivity index (χ0n) is 17.3. The lowest BCUT2D eigenvalue weighted by molar-refractivity contribution is -0.123. The summed E-state index contributed by atoms with van der Waals surface area (Å²) in [6, 6.07) is 17.4. The number of fused-ring (bicyclic) bond motifs is 2. The van der Waals surface area contributed by atoms with Crippen LogP contribution in [0.5, 0.6) is 0 Å². The normalized spacial score (nSPS) is 19.7. The quantitative estimate of drug-likeness (QED) is 0.572. The van der Waals surface area contributed by atoms with Crippen LogP contribution in [0.2, 0.25) is 0 Å². The van der Waals surface area contributed by atoms with Crippen molar-refractivity contribution in [2.75, 3.05) is 17.2 Å². The highest BCUT2D eigenvalue weighted by molar-refractivity contribution is 8.01. The van der Waals surface area contributed by atoms with Crippen molar-refractivity contribution in [3.05, 3.63) is 101 Å². The SMILES string of the molecule is Cc1ccc2c(c1)[C@@]1(SCCN1C(=O)c1cccc(F)c1)C(=O)N2Cc1cccc(F)c1. The number of thioether (sulfide) groups is 1. The van der Waals surface area contributed by atoms with Gasteiger partial charge >= 0.3 is 0 Å². The Morgan fingerprint density at radius 3 is 2.53 bits per heavy atom. The van der Waals surface area contributed by atoms with Crippen LogP contribution in [0.25, 0.3) is 0 Å². The van der Waals surface area contributed by atoms with E-state index in [1.54, 1.807) is 28.0 Å². The Bertz CT molecular complexity index is 1250. The molecule has 162 valence electrons. The third-order valence-corrected chi connectivity index (χ3v) is 7.31. The summed E-state index contributed by atoms with van der Waals surface area (Å²) in [5, 5.41) is 0. The maximum Gasteiger partial charge on any atom is 0.268 e. The minimum atomic E-state index is -1.22. The largest absolute Gasteiger partial charge is 0.311 e. The Balaban J connectivity index is 1.60. The summed E-state index contributed by atoms with van der Waals surface area (Å²) in [4.78, 5) is 29.3. The summed E-state index contributed by atoms with van der Waals surface area (Å²) < 4.78 is 27.6. The summed E-state index contributed by atoms with van der Waals surface area (Å²) >= 11 is 1.41. The van der Waals surface area contributed by atoms with Crippen molar-refractivity contribution in [2.45, 2.75) is 18.3 Å². The molecule has 0 N–H and O–H groups in total. The van der Waals surface area contributed by atoms with Crippen LogP contribution < -0.4 is 4.90 Å². The number of carbonyl (C=O) groups excluding carboxylic acids is 2. The molecule has 2 aliphatic heterocycles. The standard InChI is InChI=1S/C25H20F2N2O2S/c1-16-8-9-22-21(12-16)25(24(31)28(22)15-17-4-2-6-19(26)13-17)29(10-11-32-25)23(30)18-5-3-7-20(27)14-18/h2-9,12-14H,10-11,15H2,1H3/t25-/m1/s1. The summed E-state index contributed by atoms with van der Waals surface area (Å²) in [5.41, 5.74) is 3.28. The molecule has 1 spiro atoms. The van der Waals surface area contributed by atoms with Crippen LogP contribution >= 0.6 is 11.8 Å². The van der Waals surface area contributed by atoms with Gasteiger partial charge in [0.2, 0.25) is 0 Å². The van der Waals surface area contributed by atoms with Crippen LogP contribution in [0.3, 0.4) is 0 Å². The van der Waals surface area contributed by atoms with Gasteiger partial charge in [0.05, 0.1) is 12.2 Å². The number of hydrogen-bond donors (Lipinski definition) is 0. The van der Waals surface area contributed by atoms with Gasteiger partial charge in [-0.05, 0) is 48.9 Å². The Labute approximate surface area is 188 Å². The van der Waals surface area contributed by atoms with Crippen molar-refractivity contribution in [1.29, 1.82) is 0 Å². The molecule has 1 fully saturated rings. The molecule has 0 saturated carbocycles. The number of aryl methyl sites for hydroxylation is 1. The molecule has 2 heterocycles. The molecular formula is C25H20F2N2O2S. The van der Waals surface area contributed by atoms with E-state index in [1.807, 2.05) is 25.1 Å². The second-order valence-corrected chi connectivity index (χ2v) is 9.29. The van der Waals surface area contributed by atoms with Crippen LogP contribution in [0, 0.1) is 18.6 Å². The van der Waals surface area contributed by atoms with Gasteiger partial charge in [0.15, 0.2) is 4.87 Å². The summed E-state index contributed by atoms with van der Waals surface area (Å²) in [5.74, 6) is -0.921. The van der Waals surface area contributed by atoms with E-state index < -0.39 is 10.7 Å². The van der Waals surface area contributed by atoms with E-state index in [9.17, 15) is 18.4 Å². The third-order valence-electron chi connectivity index (χ3n) is 5.90. The fourth-order valence-corrected chi connectivity index (χ4v) is 5.93. The van der Waals surface area contributed by atoms with Crippen molar-refractivity contribution >= 4 is 29.3 Å². The van der Waals surface area contributed by atoms with Gasteiger partial charge in [-0.3, -0.25) is 9.59 Å². The first-order valence-corrected chi connectivity index (χ1v) is 11.3. The van der Waals surface area contributed by atoms with Crippen LogP contribution in [-0.4, -0.2) is 29.0 Å². The van der Waals surface area contributed by atoms with Gasteiger partial charge in [0.1, 0.15) is 11.6 Å². The van der Waals surface area contributed by atoms with Crippen molar-refractivity contribution < 1.29 is 18.4 Å². The molecule has 2 aliphatic rings. The second-order valence-electron chi connectivity index (χ2n) is 8.00. The number of benzene rings is 3. The van der Waals surface area contributed by atoms with E-state index in [1.165, 1.54) is 42.1 Å². The van der Waals surface area contributed by atoms with E-state index in [4.69, 9.17) is 0 Å². The number of hydrogen-bond acceptors (Lipinski definition) is 3. The van der Waals surface area contributed by atoms with Crippen LogP contribution in [0.4, 0.5) is 14.5 Å². The van der Waals surface area contributed by atoms with Crippen LogP contribution in [0.15, 0.2) is 66.7 Å². The lowest BCUT2D eigenvalue weighted by atomic mass is 10.0. The van der Waals surface area contributed by atoms with Crippen LogP contribution in [-0.2, 0) is 16.2 Å². The average Bonchev–Trinajstić information content (AvgIpc) is 3.30. The van der Waals surface area contributed by atoms with Gasteiger partial charge in [-0.25, -0.2) is 8.78 Å². The Morgan fingerprint density at radius 2 is 1.78 bits per heavy atom. The first-order chi connectivity index (χ1) is 15.4. The first kappa shape index (κ1) is 20.7. The van der Waals surface area contributed by atoms with E-state index in [0.29, 0.717) is 23.5 Å². The van der Waals surface area contributed by atoms with Gasteiger partial charge in [-0.15, -0.1) is 11.8 Å². The fourth-order valence-electron chi connectivity index (χ4n) is 4.48. The van der Waals surface area contributed by atoms with Gasteiger partial charge in [-0.2, -0.15) is 0 Å². The topological polar surface area (TPSA) is 40.6 Å². The van der Waals surface area contributed by atoms with Gasteiger partial charge < -0.3 is 9.80 Å². The Hall–Kier alpha value is -3.19. The zero-order valence-corrected chi connectivity index (χ0v) is 18.2. The molecule has 0 aromatic heterocycles. The van der Waals surface area contributed by atoms with E-state index >= 15 is 0 Å². The van der Waals surface area contributed by atoms with Crippen molar-refractivity contribution in [3.8, 4) is 0 Å². The summed E-state index contributed by atoms with van der Waals surface area (Å²) in [6.07, 6.45) is 0. The molecule has 0 bridgehead atoms. The maximum atomic E-state index is 13.9. The monoisotopic (exact) mass is 450 g/mol. The first-order valence-electron chi connectivity index (χ1n) is 10.3. The van der Waals surface area contributed by atoms with Gasteiger partial charge in [-0.1, -0.05) is 35.9 Å². The smallest absolute Gasteiger partial charge is 0.268 e. The number of halogens is 2. The lowest BCUT2D eigenvalue weighted by Gasteiger charge is -2.33.